The average molecular weight is 453 g/mol. The number of halogens is 2. The minimum atomic E-state index is -5.86. The minimum absolute atomic E-state index is 0. The molecule has 0 aromatic carbocycles. The normalized spacial score (nSPS) is 9.23. The third-order valence-corrected chi connectivity index (χ3v) is 0. The van der Waals surface area contributed by atoms with E-state index >= 15 is 0 Å². The van der Waals surface area contributed by atoms with Crippen molar-refractivity contribution in [1.29, 1.82) is 0 Å². The Labute approximate surface area is 186 Å². The summed E-state index contributed by atoms with van der Waals surface area (Å²) in [6.07, 6.45) is 0. The van der Waals surface area contributed by atoms with Crippen LogP contribution >= 0.6 is 0 Å². The van der Waals surface area contributed by atoms with Crippen molar-refractivity contribution >= 4 is 155 Å². The van der Waals surface area contributed by atoms with Crippen LogP contribution < -0.4 is 28.8 Å². The summed E-state index contributed by atoms with van der Waals surface area (Å²) in [5.41, 5.74) is 0. The van der Waals surface area contributed by atoms with Crippen molar-refractivity contribution in [3.8, 4) is 0 Å². The molecular weight excluding hydrogens is 453 g/mol. The molecular formula is F2O6Si2Sr3. The summed E-state index contributed by atoms with van der Waals surface area (Å²) in [7, 11) is -11.7. The van der Waals surface area contributed by atoms with Gasteiger partial charge in [0.1, 0.15) is 0 Å². The van der Waals surface area contributed by atoms with E-state index in [1.165, 1.54) is 0 Å². The summed E-state index contributed by atoms with van der Waals surface area (Å²) in [6, 6.07) is 0. The Hall–Kier alpha value is 4.50. The molecule has 0 aliphatic carbocycles. The zero-order valence-corrected chi connectivity index (χ0v) is 18.8. The predicted octanol–water partition coefficient (Wildman–Crippen LogP) is -8.20. The fourth-order valence-electron chi connectivity index (χ4n) is 0. The molecule has 0 aromatic rings. The van der Waals surface area contributed by atoms with Crippen LogP contribution in [0.5, 0.6) is 0 Å². The number of rotatable bonds is 0. The molecule has 0 rings (SSSR count). The van der Waals surface area contributed by atoms with Gasteiger partial charge < -0.3 is 37.0 Å². The summed E-state index contributed by atoms with van der Waals surface area (Å²) >= 11 is 0. The molecule has 0 aliphatic rings. The summed E-state index contributed by atoms with van der Waals surface area (Å²) in [6.45, 7) is 0. The van der Waals surface area contributed by atoms with Gasteiger partial charge in [-0.1, -0.05) is 18.3 Å². The van der Waals surface area contributed by atoms with Gasteiger partial charge in [0.2, 0.25) is 0 Å². The first kappa shape index (κ1) is 30.5. The summed E-state index contributed by atoms with van der Waals surface area (Å²) in [5.74, 6) is 0. The molecule has 0 heterocycles. The van der Waals surface area contributed by atoms with Gasteiger partial charge in [-0.2, -0.15) is 0 Å². The Bertz CT molecular complexity index is 66.9. The topological polar surface area (TPSA) is 138 Å². The fraction of sp³-hybridized carbons (Fsp3) is 0. The van der Waals surface area contributed by atoms with Crippen LogP contribution in [0.3, 0.4) is 0 Å². The van der Waals surface area contributed by atoms with Crippen molar-refractivity contribution in [2.45, 2.75) is 0 Å². The first-order valence-electron chi connectivity index (χ1n) is 1.60. The van der Waals surface area contributed by atoms with Gasteiger partial charge in [-0.25, -0.2) is 0 Å². The molecule has 0 amide bonds. The van der Waals surface area contributed by atoms with Crippen LogP contribution in [-0.2, 0) is 0 Å². The third kappa shape index (κ3) is 172. The fourth-order valence-corrected chi connectivity index (χ4v) is 0. The molecule has 0 N–H and O–H groups in total. The second-order valence-corrected chi connectivity index (χ2v) is 2.89. The maximum absolute atomic E-state index is 10.2. The van der Waals surface area contributed by atoms with Crippen LogP contribution in [0.4, 0.5) is 8.22 Å². The molecule has 0 fully saturated rings. The van der Waals surface area contributed by atoms with Crippen LogP contribution in [0.15, 0.2) is 0 Å². The monoisotopic (exact) mass is 454 g/mol. The molecule has 0 aliphatic heterocycles. The van der Waals surface area contributed by atoms with Crippen LogP contribution in [0.2, 0.25) is 0 Å². The molecule has 0 bridgehead atoms. The molecule has 0 unspecified atom stereocenters. The van der Waals surface area contributed by atoms with E-state index < -0.39 is 18.3 Å². The summed E-state index contributed by atoms with van der Waals surface area (Å²) < 4.78 is 20.3. The minimum Gasteiger partial charge on any atom is -0.857 e. The van der Waals surface area contributed by atoms with Crippen molar-refractivity contribution in [3.05, 3.63) is 0 Å². The molecule has 0 aromatic heterocycles. The van der Waals surface area contributed by atoms with Gasteiger partial charge in [0.15, 0.2) is 0 Å². The molecule has 0 saturated carbocycles. The zero-order chi connectivity index (χ0) is 9.00. The predicted molar refractivity (Wildman–Crippen MR) is 31.0 cm³/mol. The van der Waals surface area contributed by atoms with Gasteiger partial charge in [-0.05, 0) is 0 Å². The molecule has 13 heavy (non-hydrogen) atoms. The third-order valence-electron chi connectivity index (χ3n) is 0. The number of hydrogen-bond donors (Lipinski definition) is 0. The van der Waals surface area contributed by atoms with Crippen LogP contribution in [0, 0.1) is 0 Å². The van der Waals surface area contributed by atoms with E-state index in [1.54, 1.807) is 0 Å². The molecule has 0 saturated heterocycles. The van der Waals surface area contributed by atoms with E-state index in [9.17, 15) is 8.22 Å². The SMILES string of the molecule is [O-][Si]([O-])([O-])F.[O-][Si]([O-])([O-])F.[Sr+2].[Sr+2].[Sr+2]. The second kappa shape index (κ2) is 14.6. The van der Waals surface area contributed by atoms with Crippen molar-refractivity contribution in [2.75, 3.05) is 0 Å². The maximum Gasteiger partial charge on any atom is 2.00 e. The van der Waals surface area contributed by atoms with E-state index in [0.29, 0.717) is 0 Å². The van der Waals surface area contributed by atoms with Gasteiger partial charge >= 0.3 is 136 Å². The first-order chi connectivity index (χ1) is 4.00. The van der Waals surface area contributed by atoms with Gasteiger partial charge in [0.25, 0.3) is 0 Å². The Balaban J connectivity index is -0.0000000267. The van der Waals surface area contributed by atoms with Crippen molar-refractivity contribution in [3.63, 3.8) is 0 Å². The van der Waals surface area contributed by atoms with E-state index in [0.717, 1.165) is 0 Å². The van der Waals surface area contributed by atoms with Gasteiger partial charge in [0.05, 0.1) is 0 Å². The molecule has 64 valence electrons. The van der Waals surface area contributed by atoms with E-state index in [2.05, 4.69) is 0 Å². The van der Waals surface area contributed by atoms with Crippen molar-refractivity contribution in [1.82, 2.24) is 0 Å². The van der Waals surface area contributed by atoms with Crippen LogP contribution in [0.1, 0.15) is 0 Å². The smallest absolute Gasteiger partial charge is 0.857 e. The Morgan fingerprint density at radius 1 is 0.538 bits per heavy atom. The van der Waals surface area contributed by atoms with Gasteiger partial charge in [0, 0.05) is 0 Å². The van der Waals surface area contributed by atoms with Crippen LogP contribution in [-0.4, -0.2) is 155 Å². The Kier molecular flexibility index (Phi) is 34.1. The Morgan fingerprint density at radius 3 is 0.538 bits per heavy atom. The maximum atomic E-state index is 10.2. The molecule has 6 nitrogen and oxygen atoms in total. The molecule has 0 atom stereocenters. The molecule has 0 radical (unpaired) electrons. The standard InChI is InChI=1S/2FO3Si.3Sr/c2*1-5(2,3)4;;;/q2*-3;3*+2. The Morgan fingerprint density at radius 2 is 0.538 bits per heavy atom. The van der Waals surface area contributed by atoms with Crippen LogP contribution in [0.25, 0.3) is 0 Å². The second-order valence-electron chi connectivity index (χ2n) is 0.963. The van der Waals surface area contributed by atoms with E-state index in [1.807, 2.05) is 0 Å². The quantitative estimate of drug-likeness (QED) is 0.264. The number of hydrogen-bond acceptors (Lipinski definition) is 6. The summed E-state index contributed by atoms with van der Waals surface area (Å²) in [4.78, 5) is 50.8. The van der Waals surface area contributed by atoms with Gasteiger partial charge in [-0.3, -0.25) is 0 Å². The van der Waals surface area contributed by atoms with Crippen molar-refractivity contribution in [2.24, 2.45) is 0 Å². The van der Waals surface area contributed by atoms with Gasteiger partial charge in [-0.15, -0.1) is 0 Å². The molecule has 0 spiro atoms. The molecule has 13 heteroatoms. The largest absolute Gasteiger partial charge is 2.00 e. The zero-order valence-electron chi connectivity index (χ0n) is 6.33. The van der Waals surface area contributed by atoms with E-state index in [4.69, 9.17) is 28.8 Å². The first-order valence-corrected chi connectivity index (χ1v) is 4.81. The van der Waals surface area contributed by atoms with E-state index in [-0.39, 0.29) is 136 Å². The van der Waals surface area contributed by atoms with Crippen molar-refractivity contribution < 1.29 is 37.0 Å². The summed E-state index contributed by atoms with van der Waals surface area (Å²) in [5, 5.41) is 0. The average Bonchev–Trinajstić information content (AvgIpc) is 1.12.